The molecule has 19 heteroatoms. The van der Waals surface area contributed by atoms with Crippen molar-refractivity contribution in [2.45, 2.75) is 413 Å². The maximum absolute atomic E-state index is 13.5. The number of aliphatic hydroxyl groups is 11. The molecule has 0 aliphatic carbocycles. The molecule has 578 valence electrons. The van der Waals surface area contributed by atoms with Crippen molar-refractivity contribution in [1.82, 2.24) is 5.32 Å². The summed E-state index contributed by atoms with van der Waals surface area (Å²) in [5.74, 6) is -0.271. The van der Waals surface area contributed by atoms with E-state index in [4.69, 9.17) is 28.4 Å². The molecular formula is C80H145NO18. The molecule has 0 spiro atoms. The standard InChI is InChI=1S/C80H145NO18/c1-3-5-7-9-11-13-15-17-19-21-23-25-26-27-28-29-30-31-32-33-34-35-36-38-40-42-44-46-48-50-52-54-56-58-68(86)81-63(64(85)57-55-53-51-49-47-45-43-41-39-37-24-22-20-18-16-14-12-10-8-6-4-2)62-94-78-74(92)71(89)76(66(60-83)96-78)99-80-75(93)72(90)77(67(61-84)97-80)98-79-73(91)70(88)69(87)65(59-82)95-79/h5,7,11,13,17,19,23,25,55,57,63-67,69-80,82-85,87-93H,3-4,6,8-10,12,14-16,18,20-22,24,26-54,56,58-62H2,1-2H3,(H,81,86)/b7-5-,13-11-,19-17-,25-23-,57-55+. The number of carbonyl (C=O) groups is 1. The number of allylic oxidation sites excluding steroid dienone is 9. The van der Waals surface area contributed by atoms with Gasteiger partial charge in [0.25, 0.3) is 0 Å². The molecule has 17 unspecified atom stereocenters. The summed E-state index contributed by atoms with van der Waals surface area (Å²) in [7, 11) is 0. The van der Waals surface area contributed by atoms with Crippen LogP contribution >= 0.6 is 0 Å². The van der Waals surface area contributed by atoms with Gasteiger partial charge in [-0.25, -0.2) is 0 Å². The van der Waals surface area contributed by atoms with Crippen molar-refractivity contribution in [3.63, 3.8) is 0 Å². The monoisotopic (exact) mass is 1410 g/mol. The normalized spacial score (nSPS) is 26.9. The van der Waals surface area contributed by atoms with Crippen molar-refractivity contribution in [3.8, 4) is 0 Å². The van der Waals surface area contributed by atoms with Crippen LogP contribution in [0.4, 0.5) is 0 Å². The molecule has 0 radical (unpaired) electrons. The van der Waals surface area contributed by atoms with E-state index in [1.54, 1.807) is 6.08 Å². The van der Waals surface area contributed by atoms with E-state index < -0.39 is 124 Å². The number of hydrogen-bond donors (Lipinski definition) is 12. The van der Waals surface area contributed by atoms with Gasteiger partial charge in [-0.1, -0.05) is 306 Å². The molecular weight excluding hydrogens is 1260 g/mol. The molecule has 0 aromatic carbocycles. The number of ether oxygens (including phenoxy) is 6. The second kappa shape index (κ2) is 60.7. The van der Waals surface area contributed by atoms with Crippen LogP contribution in [0, 0.1) is 0 Å². The molecule has 0 aromatic heterocycles. The SMILES string of the molecule is CC/C=C\C/C=C\C/C=C\C/C=C\CCCCCCCCCCCCCCCCCCCCCCC(=O)NC(COC1OC(CO)C(OC2OC(CO)C(OC3OC(CO)C(O)C(O)C3O)C(O)C2O)C(O)C1O)C(O)/C=C/CCCCCCCCCCCCCCCCCCCCC. The minimum Gasteiger partial charge on any atom is -0.394 e. The van der Waals surface area contributed by atoms with Gasteiger partial charge in [0.1, 0.15) is 73.2 Å². The van der Waals surface area contributed by atoms with E-state index >= 15 is 0 Å². The smallest absolute Gasteiger partial charge is 0.220 e. The highest BCUT2D eigenvalue weighted by Crippen LogP contribution is 2.33. The second-order valence-corrected chi connectivity index (χ2v) is 28.5. The van der Waals surface area contributed by atoms with Gasteiger partial charge >= 0.3 is 0 Å². The van der Waals surface area contributed by atoms with Crippen LogP contribution in [0.25, 0.3) is 0 Å². The topological polar surface area (TPSA) is 307 Å². The maximum Gasteiger partial charge on any atom is 0.220 e. The minimum absolute atomic E-state index is 0.245. The molecule has 3 saturated heterocycles. The second-order valence-electron chi connectivity index (χ2n) is 28.5. The molecule has 17 atom stereocenters. The fourth-order valence-corrected chi connectivity index (χ4v) is 13.4. The number of hydrogen-bond acceptors (Lipinski definition) is 18. The van der Waals surface area contributed by atoms with Gasteiger partial charge in [-0.05, 0) is 57.8 Å². The number of nitrogens with one attached hydrogen (secondary N) is 1. The van der Waals surface area contributed by atoms with E-state index in [2.05, 4.69) is 67.8 Å². The molecule has 0 aromatic rings. The molecule has 3 heterocycles. The third-order valence-electron chi connectivity index (χ3n) is 19.8. The number of carbonyl (C=O) groups excluding carboxylic acids is 1. The fraction of sp³-hybridized carbons (Fsp3) is 0.863. The molecule has 12 N–H and O–H groups in total. The Kier molecular flexibility index (Phi) is 55.6. The first-order valence-electron chi connectivity index (χ1n) is 40.0. The zero-order valence-corrected chi connectivity index (χ0v) is 61.7. The van der Waals surface area contributed by atoms with Gasteiger partial charge < -0.3 is 89.9 Å². The van der Waals surface area contributed by atoms with Crippen LogP contribution in [0.5, 0.6) is 0 Å². The van der Waals surface area contributed by atoms with Crippen LogP contribution in [0.3, 0.4) is 0 Å². The van der Waals surface area contributed by atoms with Crippen molar-refractivity contribution < 1.29 is 89.4 Å². The lowest BCUT2D eigenvalue weighted by atomic mass is 9.96. The lowest BCUT2D eigenvalue weighted by Gasteiger charge is -2.48. The van der Waals surface area contributed by atoms with E-state index in [1.807, 2.05) is 6.08 Å². The van der Waals surface area contributed by atoms with Crippen LogP contribution in [0.2, 0.25) is 0 Å². The molecule has 19 nitrogen and oxygen atoms in total. The van der Waals surface area contributed by atoms with Crippen molar-refractivity contribution in [1.29, 1.82) is 0 Å². The van der Waals surface area contributed by atoms with E-state index in [0.717, 1.165) is 70.6 Å². The average molecular weight is 1410 g/mol. The molecule has 0 saturated carbocycles. The Morgan fingerprint density at radius 1 is 0.374 bits per heavy atom. The summed E-state index contributed by atoms with van der Waals surface area (Å²) in [6.45, 7) is 1.66. The highest BCUT2D eigenvalue weighted by atomic mass is 16.8. The molecule has 0 bridgehead atoms. The third-order valence-corrected chi connectivity index (χ3v) is 19.8. The largest absolute Gasteiger partial charge is 0.394 e. The number of rotatable bonds is 63. The number of aliphatic hydroxyl groups excluding tert-OH is 11. The van der Waals surface area contributed by atoms with Crippen molar-refractivity contribution in [2.24, 2.45) is 0 Å². The molecule has 3 aliphatic heterocycles. The van der Waals surface area contributed by atoms with Gasteiger partial charge in [-0.2, -0.15) is 0 Å². The predicted octanol–water partition coefficient (Wildman–Crippen LogP) is 13.1. The summed E-state index contributed by atoms with van der Waals surface area (Å²) >= 11 is 0. The van der Waals surface area contributed by atoms with Crippen LogP contribution in [-0.4, -0.2) is 193 Å². The van der Waals surface area contributed by atoms with Gasteiger partial charge in [0, 0.05) is 6.42 Å². The highest BCUT2D eigenvalue weighted by Gasteiger charge is 2.54. The molecule has 3 aliphatic rings. The van der Waals surface area contributed by atoms with Crippen LogP contribution in [-0.2, 0) is 33.2 Å². The van der Waals surface area contributed by atoms with Crippen LogP contribution in [0.1, 0.15) is 309 Å². The van der Waals surface area contributed by atoms with Gasteiger partial charge in [0.05, 0.1) is 38.6 Å². The zero-order valence-electron chi connectivity index (χ0n) is 61.7. The Morgan fingerprint density at radius 3 is 1.09 bits per heavy atom. The number of amides is 1. The number of unbranched alkanes of at least 4 members (excludes halogenated alkanes) is 39. The Labute approximate surface area is 598 Å². The molecule has 1 amide bonds. The summed E-state index contributed by atoms with van der Waals surface area (Å²) in [4.78, 5) is 13.5. The first kappa shape index (κ1) is 90.7. The summed E-state index contributed by atoms with van der Waals surface area (Å²) in [5, 5.41) is 121. The fourth-order valence-electron chi connectivity index (χ4n) is 13.4. The highest BCUT2D eigenvalue weighted by molar-refractivity contribution is 5.76. The zero-order chi connectivity index (χ0) is 71.8. The van der Waals surface area contributed by atoms with E-state index in [9.17, 15) is 61.0 Å². The van der Waals surface area contributed by atoms with Crippen LogP contribution < -0.4 is 5.32 Å². The third kappa shape index (κ3) is 41.1. The van der Waals surface area contributed by atoms with Crippen molar-refractivity contribution in [2.75, 3.05) is 26.4 Å². The van der Waals surface area contributed by atoms with Gasteiger partial charge in [-0.15, -0.1) is 0 Å². The summed E-state index contributed by atoms with van der Waals surface area (Å²) in [5.41, 5.74) is 0. The van der Waals surface area contributed by atoms with E-state index in [-0.39, 0.29) is 18.9 Å². The van der Waals surface area contributed by atoms with Crippen LogP contribution in [0.15, 0.2) is 60.8 Å². The van der Waals surface area contributed by atoms with Gasteiger partial charge in [0.15, 0.2) is 18.9 Å². The molecule has 3 fully saturated rings. The summed E-state index contributed by atoms with van der Waals surface area (Å²) in [6.07, 6.45) is 50.6. The predicted molar refractivity (Wildman–Crippen MR) is 392 cm³/mol. The van der Waals surface area contributed by atoms with E-state index in [0.29, 0.717) is 6.42 Å². The Balaban J connectivity index is 1.36. The quantitative estimate of drug-likeness (QED) is 0.0199. The van der Waals surface area contributed by atoms with Gasteiger partial charge in [-0.3, -0.25) is 4.79 Å². The lowest BCUT2D eigenvalue weighted by molar-refractivity contribution is -0.379. The van der Waals surface area contributed by atoms with E-state index in [1.165, 1.54) is 212 Å². The maximum atomic E-state index is 13.5. The Morgan fingerprint density at radius 2 is 0.697 bits per heavy atom. The average Bonchev–Trinajstić information content (AvgIpc) is 0.761. The first-order valence-corrected chi connectivity index (χ1v) is 40.0. The van der Waals surface area contributed by atoms with Gasteiger partial charge in [0.2, 0.25) is 5.91 Å². The molecule has 99 heavy (non-hydrogen) atoms. The Bertz CT molecular complexity index is 2020. The first-order chi connectivity index (χ1) is 48.3. The minimum atomic E-state index is -1.98. The van der Waals surface area contributed by atoms with Crippen molar-refractivity contribution >= 4 is 5.91 Å². The Hall–Kier alpha value is -2.51. The molecule has 3 rings (SSSR count). The van der Waals surface area contributed by atoms with Crippen molar-refractivity contribution in [3.05, 3.63) is 60.8 Å². The summed E-state index contributed by atoms with van der Waals surface area (Å²) in [6, 6.07) is -0.974. The lowest BCUT2D eigenvalue weighted by Crippen LogP contribution is -2.66. The summed E-state index contributed by atoms with van der Waals surface area (Å²) < 4.78 is 34.5.